The van der Waals surface area contributed by atoms with Gasteiger partial charge in [-0.05, 0) is 73.0 Å². The fourth-order valence-corrected chi connectivity index (χ4v) is 4.91. The number of anilines is 1. The molecule has 0 unspecified atom stereocenters. The zero-order chi connectivity index (χ0) is 25.2. The molecule has 6 rings (SSSR count). The zero-order valence-electron chi connectivity index (χ0n) is 20.2. The molecule has 186 valence electrons. The van der Waals surface area contributed by atoms with Gasteiger partial charge >= 0.3 is 0 Å². The molecule has 5 heterocycles. The lowest BCUT2D eigenvalue weighted by atomic mass is 10.1. The summed E-state index contributed by atoms with van der Waals surface area (Å²) in [5, 5.41) is 0.546. The highest BCUT2D eigenvalue weighted by Gasteiger charge is 2.21. The second-order valence-corrected chi connectivity index (χ2v) is 9.59. The summed E-state index contributed by atoms with van der Waals surface area (Å²) in [4.78, 5) is 20.3. The molecule has 0 amide bonds. The van der Waals surface area contributed by atoms with Crippen molar-refractivity contribution >= 4 is 28.6 Å². The Morgan fingerprint density at radius 3 is 2.54 bits per heavy atom. The third kappa shape index (κ3) is 5.12. The Morgan fingerprint density at radius 1 is 0.946 bits per heavy atom. The number of aromatic nitrogens is 5. The summed E-state index contributed by atoms with van der Waals surface area (Å²) in [6.07, 6.45) is 7.30. The zero-order valence-corrected chi connectivity index (χ0v) is 20.9. The van der Waals surface area contributed by atoms with E-state index >= 15 is 0 Å². The predicted molar refractivity (Wildman–Crippen MR) is 145 cm³/mol. The number of benzene rings is 1. The molecule has 1 aromatic carbocycles. The number of nitrogen functional groups attached to an aromatic ring is 1. The Kier molecular flexibility index (Phi) is 6.42. The Bertz CT molecular complexity index is 1510. The lowest BCUT2D eigenvalue weighted by Crippen LogP contribution is -2.37. The van der Waals surface area contributed by atoms with Gasteiger partial charge in [0.2, 0.25) is 0 Å². The second kappa shape index (κ2) is 10.2. The van der Waals surface area contributed by atoms with Gasteiger partial charge in [0, 0.05) is 43.9 Å². The van der Waals surface area contributed by atoms with Crippen molar-refractivity contribution < 1.29 is 4.74 Å². The molecule has 2 N–H and O–H groups in total. The molecule has 37 heavy (non-hydrogen) atoms. The number of pyridine rings is 3. The summed E-state index contributed by atoms with van der Waals surface area (Å²) in [7, 11) is 0. The standard InChI is InChI=1S/C28H26ClN7O/c29-20-16-25-27(33-17-20)36(28(34-25)24-3-1-2-11-31-24)21-4-6-22(7-5-21)37-23-9-13-35(14-10-23)18-19-8-12-32-26(30)15-19/h1-8,11-12,15-17,23H,9-10,13-14,18H2,(H2,30,32). The molecular formula is C28H26ClN7O. The van der Waals surface area contributed by atoms with Crippen molar-refractivity contribution in [3.63, 3.8) is 0 Å². The van der Waals surface area contributed by atoms with Gasteiger partial charge in [0.1, 0.15) is 28.9 Å². The summed E-state index contributed by atoms with van der Waals surface area (Å²) in [5.41, 5.74) is 10.1. The minimum atomic E-state index is 0.187. The van der Waals surface area contributed by atoms with Gasteiger partial charge in [-0.1, -0.05) is 17.7 Å². The lowest BCUT2D eigenvalue weighted by Gasteiger charge is -2.32. The maximum Gasteiger partial charge on any atom is 0.165 e. The van der Waals surface area contributed by atoms with Gasteiger partial charge < -0.3 is 10.5 Å². The van der Waals surface area contributed by atoms with Crippen LogP contribution in [0.15, 0.2) is 79.3 Å². The van der Waals surface area contributed by atoms with E-state index in [9.17, 15) is 0 Å². The van der Waals surface area contributed by atoms with E-state index in [1.54, 1.807) is 18.6 Å². The molecule has 0 saturated carbocycles. The minimum absolute atomic E-state index is 0.187. The van der Waals surface area contributed by atoms with Gasteiger partial charge in [-0.3, -0.25) is 14.5 Å². The average Bonchev–Trinajstić information content (AvgIpc) is 3.29. The number of imidazole rings is 1. The molecule has 0 atom stereocenters. The fraction of sp³-hybridized carbons (Fsp3) is 0.214. The summed E-state index contributed by atoms with van der Waals surface area (Å²) >= 11 is 6.19. The molecule has 8 nitrogen and oxygen atoms in total. The fourth-order valence-electron chi connectivity index (χ4n) is 4.75. The van der Waals surface area contributed by atoms with Crippen molar-refractivity contribution in [2.45, 2.75) is 25.5 Å². The van der Waals surface area contributed by atoms with Gasteiger partial charge in [-0.25, -0.2) is 15.0 Å². The molecule has 4 aromatic heterocycles. The summed E-state index contributed by atoms with van der Waals surface area (Å²) in [5.74, 6) is 2.13. The van der Waals surface area contributed by atoms with Gasteiger partial charge in [0.25, 0.3) is 0 Å². The highest BCUT2D eigenvalue weighted by molar-refractivity contribution is 6.31. The lowest BCUT2D eigenvalue weighted by molar-refractivity contribution is 0.0968. The molecular weight excluding hydrogens is 486 g/mol. The second-order valence-electron chi connectivity index (χ2n) is 9.16. The molecule has 0 bridgehead atoms. The van der Waals surface area contributed by atoms with Gasteiger partial charge in [0.15, 0.2) is 11.5 Å². The van der Waals surface area contributed by atoms with Crippen molar-refractivity contribution in [2.75, 3.05) is 18.8 Å². The van der Waals surface area contributed by atoms with Crippen molar-refractivity contribution in [3.05, 3.63) is 89.8 Å². The highest BCUT2D eigenvalue weighted by atomic mass is 35.5. The van der Waals surface area contributed by atoms with Crippen LogP contribution >= 0.6 is 11.6 Å². The number of halogens is 1. The normalized spacial score (nSPS) is 14.7. The van der Waals surface area contributed by atoms with Crippen LogP contribution < -0.4 is 10.5 Å². The first-order chi connectivity index (χ1) is 18.1. The summed E-state index contributed by atoms with van der Waals surface area (Å²) < 4.78 is 8.34. The van der Waals surface area contributed by atoms with Crippen molar-refractivity contribution in [1.29, 1.82) is 0 Å². The van der Waals surface area contributed by atoms with E-state index in [4.69, 9.17) is 27.1 Å². The van der Waals surface area contributed by atoms with E-state index in [0.29, 0.717) is 16.7 Å². The minimum Gasteiger partial charge on any atom is -0.490 e. The van der Waals surface area contributed by atoms with Crippen LogP contribution in [0.25, 0.3) is 28.4 Å². The molecule has 1 aliphatic rings. The van der Waals surface area contributed by atoms with Crippen molar-refractivity contribution in [2.24, 2.45) is 0 Å². The Hall–Kier alpha value is -4.01. The number of ether oxygens (including phenoxy) is 1. The average molecular weight is 512 g/mol. The number of fused-ring (bicyclic) bond motifs is 1. The molecule has 0 spiro atoms. The van der Waals surface area contributed by atoms with Crippen LogP contribution in [0, 0.1) is 0 Å². The number of nitrogens with two attached hydrogens (primary N) is 1. The Morgan fingerprint density at radius 2 is 1.78 bits per heavy atom. The van der Waals surface area contributed by atoms with E-state index in [0.717, 1.165) is 60.8 Å². The largest absolute Gasteiger partial charge is 0.490 e. The maximum atomic E-state index is 6.34. The number of rotatable bonds is 6. The van der Waals surface area contributed by atoms with E-state index in [2.05, 4.69) is 19.9 Å². The third-order valence-corrected chi connectivity index (χ3v) is 6.75. The predicted octanol–water partition coefficient (Wildman–Crippen LogP) is 5.16. The van der Waals surface area contributed by atoms with Crippen molar-refractivity contribution in [1.82, 2.24) is 29.4 Å². The van der Waals surface area contributed by atoms with E-state index in [1.165, 1.54) is 5.56 Å². The number of nitrogens with zero attached hydrogens (tertiary/aromatic N) is 6. The van der Waals surface area contributed by atoms with Gasteiger partial charge in [-0.15, -0.1) is 0 Å². The van der Waals surface area contributed by atoms with E-state index in [1.807, 2.05) is 65.2 Å². The van der Waals surface area contributed by atoms with Crippen LogP contribution in [0.2, 0.25) is 5.02 Å². The SMILES string of the molecule is Nc1cc(CN2CCC(Oc3ccc(-n4c(-c5ccccn5)nc5cc(Cl)cnc54)cc3)CC2)ccn1. The van der Waals surface area contributed by atoms with Gasteiger partial charge in [0.05, 0.1) is 5.02 Å². The monoisotopic (exact) mass is 511 g/mol. The van der Waals surface area contributed by atoms with Crippen LogP contribution in [0.3, 0.4) is 0 Å². The molecule has 0 radical (unpaired) electrons. The first kappa shape index (κ1) is 23.4. The highest BCUT2D eigenvalue weighted by Crippen LogP contribution is 2.29. The molecule has 5 aromatic rings. The molecule has 1 fully saturated rings. The van der Waals surface area contributed by atoms with Crippen LogP contribution in [0.1, 0.15) is 18.4 Å². The third-order valence-electron chi connectivity index (χ3n) is 6.54. The quantitative estimate of drug-likeness (QED) is 0.336. The number of hydrogen-bond acceptors (Lipinski definition) is 7. The molecule has 1 aliphatic heterocycles. The van der Waals surface area contributed by atoms with E-state index < -0.39 is 0 Å². The summed E-state index contributed by atoms with van der Waals surface area (Å²) in [6.45, 7) is 2.84. The van der Waals surface area contributed by atoms with Crippen LogP contribution in [0.4, 0.5) is 5.82 Å². The van der Waals surface area contributed by atoms with Crippen LogP contribution in [-0.4, -0.2) is 48.6 Å². The smallest absolute Gasteiger partial charge is 0.165 e. The Labute approximate surface area is 219 Å². The summed E-state index contributed by atoms with van der Waals surface area (Å²) in [6, 6.07) is 19.6. The molecule has 9 heteroatoms. The number of likely N-dealkylation sites (tertiary alicyclic amines) is 1. The molecule has 1 saturated heterocycles. The van der Waals surface area contributed by atoms with Crippen molar-refractivity contribution in [3.8, 4) is 23.0 Å². The van der Waals surface area contributed by atoms with Gasteiger partial charge in [-0.2, -0.15) is 0 Å². The van der Waals surface area contributed by atoms with Crippen LogP contribution in [0.5, 0.6) is 5.75 Å². The topological polar surface area (TPSA) is 95.0 Å². The van der Waals surface area contributed by atoms with E-state index in [-0.39, 0.29) is 6.10 Å². The Balaban J connectivity index is 1.17. The number of hydrogen-bond donors (Lipinski definition) is 1. The van der Waals surface area contributed by atoms with Crippen LogP contribution in [-0.2, 0) is 6.54 Å². The molecule has 0 aliphatic carbocycles. The maximum absolute atomic E-state index is 6.34. The first-order valence-corrected chi connectivity index (χ1v) is 12.7. The number of piperidine rings is 1. The first-order valence-electron chi connectivity index (χ1n) is 12.3.